The summed E-state index contributed by atoms with van der Waals surface area (Å²) in [6.45, 7) is 0.256. The number of rotatable bonds is 5. The van der Waals surface area contributed by atoms with Crippen molar-refractivity contribution in [3.63, 3.8) is 0 Å². The molecule has 26 heavy (non-hydrogen) atoms. The van der Waals surface area contributed by atoms with E-state index in [0.29, 0.717) is 11.1 Å². The van der Waals surface area contributed by atoms with Crippen molar-refractivity contribution in [3.05, 3.63) is 72.3 Å². The van der Waals surface area contributed by atoms with E-state index in [4.69, 9.17) is 4.74 Å². The van der Waals surface area contributed by atoms with Crippen LogP contribution in [-0.2, 0) is 16.7 Å². The summed E-state index contributed by atoms with van der Waals surface area (Å²) in [5.41, 5.74) is -4.59. The SMILES string of the molecule is O=S(=O)(Oc1cccc2c(OCc3ccccc3)cccc12)C(F)(F)F. The zero-order chi connectivity index (χ0) is 18.8. The summed E-state index contributed by atoms with van der Waals surface area (Å²) in [7, 11) is -5.75. The first-order chi connectivity index (χ1) is 12.3. The van der Waals surface area contributed by atoms with Gasteiger partial charge >= 0.3 is 15.6 Å². The van der Waals surface area contributed by atoms with Gasteiger partial charge in [-0.2, -0.15) is 21.6 Å². The summed E-state index contributed by atoms with van der Waals surface area (Å²) in [5.74, 6) is -0.00815. The van der Waals surface area contributed by atoms with Crippen molar-refractivity contribution in [2.24, 2.45) is 0 Å². The maximum atomic E-state index is 12.6. The molecule has 0 aliphatic carbocycles. The Labute approximate surface area is 147 Å². The van der Waals surface area contributed by atoms with Gasteiger partial charge in [0.2, 0.25) is 0 Å². The lowest BCUT2D eigenvalue weighted by atomic mass is 10.1. The predicted molar refractivity (Wildman–Crippen MR) is 90.3 cm³/mol. The number of hydrogen-bond acceptors (Lipinski definition) is 4. The molecule has 0 saturated carbocycles. The molecule has 4 nitrogen and oxygen atoms in total. The summed E-state index contributed by atoms with van der Waals surface area (Å²) in [6.07, 6.45) is 0. The Hall–Kier alpha value is -2.74. The van der Waals surface area contributed by atoms with Gasteiger partial charge in [0.05, 0.1) is 0 Å². The fraction of sp³-hybridized carbons (Fsp3) is 0.111. The minimum absolute atomic E-state index is 0.200. The Bertz CT molecular complexity index is 1020. The second kappa shape index (κ2) is 6.87. The number of benzene rings is 3. The van der Waals surface area contributed by atoms with Crippen LogP contribution in [0.25, 0.3) is 10.8 Å². The molecule has 0 atom stereocenters. The van der Waals surface area contributed by atoms with Crippen molar-refractivity contribution in [2.75, 3.05) is 0 Å². The van der Waals surface area contributed by atoms with Crippen LogP contribution >= 0.6 is 0 Å². The first-order valence-corrected chi connectivity index (χ1v) is 8.88. The quantitative estimate of drug-likeness (QED) is 0.476. The van der Waals surface area contributed by atoms with E-state index in [2.05, 4.69) is 4.18 Å². The molecular weight excluding hydrogens is 369 g/mol. The van der Waals surface area contributed by atoms with E-state index in [1.807, 2.05) is 30.3 Å². The highest BCUT2D eigenvalue weighted by atomic mass is 32.2. The molecule has 0 aliphatic rings. The van der Waals surface area contributed by atoms with Gasteiger partial charge in [0.15, 0.2) is 5.75 Å². The molecule has 3 rings (SSSR count). The number of fused-ring (bicyclic) bond motifs is 1. The van der Waals surface area contributed by atoms with Crippen LogP contribution in [-0.4, -0.2) is 13.9 Å². The van der Waals surface area contributed by atoms with E-state index in [-0.39, 0.29) is 12.0 Å². The molecule has 3 aromatic rings. The first kappa shape index (κ1) is 18.1. The average molecular weight is 382 g/mol. The molecule has 0 unspecified atom stereocenters. The van der Waals surface area contributed by atoms with E-state index in [1.54, 1.807) is 18.2 Å². The normalized spacial score (nSPS) is 12.1. The molecule has 0 aromatic heterocycles. The van der Waals surface area contributed by atoms with Crippen LogP contribution in [0.15, 0.2) is 66.7 Å². The van der Waals surface area contributed by atoms with Crippen LogP contribution < -0.4 is 8.92 Å². The highest BCUT2D eigenvalue weighted by Crippen LogP contribution is 2.35. The fourth-order valence-corrected chi connectivity index (χ4v) is 2.83. The summed E-state index contributed by atoms with van der Waals surface area (Å²) in [4.78, 5) is 0. The van der Waals surface area contributed by atoms with E-state index >= 15 is 0 Å². The van der Waals surface area contributed by atoms with Gasteiger partial charge in [-0.3, -0.25) is 0 Å². The van der Waals surface area contributed by atoms with Crippen molar-refractivity contribution in [1.29, 1.82) is 0 Å². The van der Waals surface area contributed by atoms with Gasteiger partial charge in [-0.25, -0.2) is 0 Å². The van der Waals surface area contributed by atoms with Crippen LogP contribution in [0.2, 0.25) is 0 Å². The van der Waals surface area contributed by atoms with Gasteiger partial charge in [0.25, 0.3) is 0 Å². The minimum Gasteiger partial charge on any atom is -0.488 e. The van der Waals surface area contributed by atoms with Crippen molar-refractivity contribution in [2.45, 2.75) is 12.1 Å². The fourth-order valence-electron chi connectivity index (χ4n) is 2.35. The van der Waals surface area contributed by atoms with Crippen molar-refractivity contribution in [1.82, 2.24) is 0 Å². The maximum Gasteiger partial charge on any atom is 0.534 e. The van der Waals surface area contributed by atoms with Crippen molar-refractivity contribution in [3.8, 4) is 11.5 Å². The minimum atomic E-state index is -5.75. The standard InChI is InChI=1S/C18H13F3O4S/c19-18(20,21)26(22,23)25-17-11-5-8-14-15(17)9-4-10-16(14)24-12-13-6-2-1-3-7-13/h1-11H,12H2. The molecule has 0 radical (unpaired) electrons. The summed E-state index contributed by atoms with van der Waals surface area (Å²) in [5, 5.41) is 0.643. The Kier molecular flexibility index (Phi) is 4.78. The van der Waals surface area contributed by atoms with Crippen molar-refractivity contribution >= 4 is 20.9 Å². The largest absolute Gasteiger partial charge is 0.534 e. The third-order valence-corrected chi connectivity index (χ3v) is 4.53. The molecule has 3 aromatic carbocycles. The summed E-state index contributed by atoms with van der Waals surface area (Å²) in [6, 6.07) is 18.2. The molecule has 0 N–H and O–H groups in total. The lowest BCUT2D eigenvalue weighted by molar-refractivity contribution is -0.0499. The van der Waals surface area contributed by atoms with Crippen LogP contribution in [0, 0.1) is 0 Å². The number of alkyl halides is 3. The Balaban J connectivity index is 1.94. The second-order valence-electron chi connectivity index (χ2n) is 5.36. The van der Waals surface area contributed by atoms with Gasteiger partial charge < -0.3 is 8.92 Å². The Morgan fingerprint density at radius 1 is 0.769 bits per heavy atom. The van der Waals surface area contributed by atoms with Crippen LogP contribution in [0.3, 0.4) is 0 Å². The van der Waals surface area contributed by atoms with Gasteiger partial charge in [-0.1, -0.05) is 54.6 Å². The third kappa shape index (κ3) is 3.75. The zero-order valence-corrected chi connectivity index (χ0v) is 14.0. The number of ether oxygens (including phenoxy) is 1. The zero-order valence-electron chi connectivity index (χ0n) is 13.2. The summed E-state index contributed by atoms with van der Waals surface area (Å²) < 4.78 is 70.3. The number of halogens is 3. The van der Waals surface area contributed by atoms with Gasteiger partial charge in [0.1, 0.15) is 12.4 Å². The van der Waals surface area contributed by atoms with Crippen LogP contribution in [0.1, 0.15) is 5.56 Å². The smallest absolute Gasteiger partial charge is 0.488 e. The van der Waals surface area contributed by atoms with Gasteiger partial charge in [-0.15, -0.1) is 0 Å². The van der Waals surface area contributed by atoms with E-state index in [1.165, 1.54) is 12.1 Å². The van der Waals surface area contributed by atoms with E-state index < -0.39 is 21.4 Å². The monoisotopic (exact) mass is 382 g/mol. The van der Waals surface area contributed by atoms with E-state index in [0.717, 1.165) is 11.6 Å². The molecule has 0 fully saturated rings. The molecule has 0 amide bonds. The Morgan fingerprint density at radius 2 is 1.35 bits per heavy atom. The molecule has 0 spiro atoms. The average Bonchev–Trinajstić information content (AvgIpc) is 2.60. The van der Waals surface area contributed by atoms with Crippen molar-refractivity contribution < 1.29 is 30.5 Å². The Morgan fingerprint density at radius 3 is 1.96 bits per heavy atom. The van der Waals surface area contributed by atoms with Gasteiger partial charge in [-0.05, 0) is 17.7 Å². The highest BCUT2D eigenvalue weighted by molar-refractivity contribution is 7.88. The molecule has 8 heteroatoms. The summed E-state index contributed by atoms with van der Waals surface area (Å²) >= 11 is 0. The van der Waals surface area contributed by atoms with Crippen LogP contribution in [0.5, 0.6) is 11.5 Å². The maximum absolute atomic E-state index is 12.6. The van der Waals surface area contributed by atoms with Crippen LogP contribution in [0.4, 0.5) is 13.2 Å². The lowest BCUT2D eigenvalue weighted by Gasteiger charge is -2.13. The molecule has 0 bridgehead atoms. The highest BCUT2D eigenvalue weighted by Gasteiger charge is 2.48. The number of hydrogen-bond donors (Lipinski definition) is 0. The second-order valence-corrected chi connectivity index (χ2v) is 6.90. The topological polar surface area (TPSA) is 52.6 Å². The molecule has 0 saturated heterocycles. The molecular formula is C18H13F3O4S. The van der Waals surface area contributed by atoms with E-state index in [9.17, 15) is 21.6 Å². The molecule has 136 valence electrons. The first-order valence-electron chi connectivity index (χ1n) is 7.47. The molecule has 0 aliphatic heterocycles. The van der Waals surface area contributed by atoms with Gasteiger partial charge in [0, 0.05) is 10.8 Å². The molecule has 0 heterocycles. The third-order valence-electron chi connectivity index (χ3n) is 3.56. The predicted octanol–water partition coefficient (Wildman–Crippen LogP) is 4.65. The lowest BCUT2D eigenvalue weighted by Crippen LogP contribution is -2.28.